The fourth-order valence-corrected chi connectivity index (χ4v) is 2.81. The molecular weight excluding hydrogens is 372 g/mol. The molecule has 0 fully saturated rings. The summed E-state index contributed by atoms with van der Waals surface area (Å²) < 4.78 is 16.5. The molecule has 4 aromatic rings. The van der Waals surface area contributed by atoms with Crippen molar-refractivity contribution in [1.29, 1.82) is 0 Å². The van der Waals surface area contributed by atoms with Crippen molar-refractivity contribution in [3.63, 3.8) is 0 Å². The van der Waals surface area contributed by atoms with Gasteiger partial charge in [-0.15, -0.1) is 0 Å². The summed E-state index contributed by atoms with van der Waals surface area (Å²) in [5.74, 6) is 0.853. The fourth-order valence-electron chi connectivity index (χ4n) is 2.81. The number of aromatic amines is 1. The minimum atomic E-state index is -0.756. The Bertz CT molecular complexity index is 1200. The molecule has 29 heavy (non-hydrogen) atoms. The number of carbonyl (C=O) groups is 1. The number of para-hydroxylation sites is 2. The highest BCUT2D eigenvalue weighted by molar-refractivity contribution is 5.86. The van der Waals surface area contributed by atoms with Gasteiger partial charge in [-0.1, -0.05) is 30.3 Å². The maximum absolute atomic E-state index is 12.4. The van der Waals surface area contributed by atoms with Gasteiger partial charge in [0.2, 0.25) is 5.76 Å². The first-order chi connectivity index (χ1) is 14.1. The van der Waals surface area contributed by atoms with Crippen LogP contribution in [0.4, 0.5) is 0 Å². The minimum absolute atomic E-state index is 0.0478. The van der Waals surface area contributed by atoms with Crippen LogP contribution in [0.25, 0.3) is 10.9 Å². The Kier molecular flexibility index (Phi) is 5.11. The lowest BCUT2D eigenvalue weighted by atomic mass is 10.2. The molecule has 2 aromatic carbocycles. The van der Waals surface area contributed by atoms with Crippen LogP contribution < -0.4 is 10.3 Å². The largest absolute Gasteiger partial charge is 0.486 e. The first-order valence-electron chi connectivity index (χ1n) is 9.06. The van der Waals surface area contributed by atoms with Crippen LogP contribution >= 0.6 is 0 Å². The molecule has 0 bridgehead atoms. The van der Waals surface area contributed by atoms with E-state index in [0.717, 1.165) is 0 Å². The molecular formula is C22H18N2O5. The summed E-state index contributed by atoms with van der Waals surface area (Å²) in [5, 5.41) is 0.476. The van der Waals surface area contributed by atoms with Crippen LogP contribution in [-0.2, 0) is 11.3 Å². The predicted octanol–water partition coefficient (Wildman–Crippen LogP) is 4.01. The van der Waals surface area contributed by atoms with E-state index in [4.69, 9.17) is 13.9 Å². The number of nitrogens with one attached hydrogen (secondary N) is 1. The third-order valence-corrected chi connectivity index (χ3v) is 4.29. The summed E-state index contributed by atoms with van der Waals surface area (Å²) >= 11 is 0. The Labute approximate surface area is 165 Å². The quantitative estimate of drug-likeness (QED) is 0.500. The van der Waals surface area contributed by atoms with Crippen molar-refractivity contribution in [2.24, 2.45) is 0 Å². The van der Waals surface area contributed by atoms with Crippen LogP contribution in [0.3, 0.4) is 0 Å². The maximum atomic E-state index is 12.4. The molecule has 1 unspecified atom stereocenters. The monoisotopic (exact) mass is 390 g/mol. The molecule has 0 aliphatic rings. The van der Waals surface area contributed by atoms with Crippen LogP contribution in [0.5, 0.6) is 5.75 Å². The molecule has 4 rings (SSSR count). The van der Waals surface area contributed by atoms with Gasteiger partial charge in [-0.25, -0.2) is 9.78 Å². The van der Waals surface area contributed by atoms with Crippen molar-refractivity contribution >= 4 is 16.9 Å². The van der Waals surface area contributed by atoms with Gasteiger partial charge in [0.25, 0.3) is 5.56 Å². The van der Waals surface area contributed by atoms with E-state index < -0.39 is 12.1 Å². The zero-order chi connectivity index (χ0) is 20.2. The third kappa shape index (κ3) is 4.19. The number of H-pyrrole nitrogens is 1. The number of carbonyl (C=O) groups excluding carboxylic acids is 1. The van der Waals surface area contributed by atoms with E-state index in [1.807, 2.05) is 30.3 Å². The predicted molar refractivity (Wildman–Crippen MR) is 106 cm³/mol. The van der Waals surface area contributed by atoms with Crippen LogP contribution in [-0.4, -0.2) is 15.9 Å². The van der Waals surface area contributed by atoms with E-state index in [-0.39, 0.29) is 23.8 Å². The summed E-state index contributed by atoms with van der Waals surface area (Å²) in [6, 6.07) is 19.4. The van der Waals surface area contributed by atoms with Crippen LogP contribution in [0.2, 0.25) is 0 Å². The van der Waals surface area contributed by atoms with Crippen molar-refractivity contribution in [3.8, 4) is 5.75 Å². The number of furan rings is 1. The molecule has 7 heteroatoms. The van der Waals surface area contributed by atoms with Crippen molar-refractivity contribution in [3.05, 3.63) is 94.4 Å². The van der Waals surface area contributed by atoms with E-state index in [1.54, 1.807) is 37.3 Å². The fraction of sp³-hybridized carbons (Fsp3) is 0.136. The number of fused-ring (bicyclic) bond motifs is 1. The van der Waals surface area contributed by atoms with Crippen molar-refractivity contribution in [2.75, 3.05) is 0 Å². The highest BCUT2D eigenvalue weighted by atomic mass is 16.6. The van der Waals surface area contributed by atoms with Gasteiger partial charge in [0.1, 0.15) is 18.1 Å². The Morgan fingerprint density at radius 2 is 1.83 bits per heavy atom. The summed E-state index contributed by atoms with van der Waals surface area (Å²) in [6.07, 6.45) is -0.756. The molecule has 0 radical (unpaired) electrons. The summed E-state index contributed by atoms with van der Waals surface area (Å²) in [5.41, 5.74) is 0.249. The second-order valence-electron chi connectivity index (χ2n) is 6.38. The lowest BCUT2D eigenvalue weighted by molar-refractivity contribution is 0.0280. The number of nitrogens with zero attached hydrogens (tertiary/aromatic N) is 1. The lowest BCUT2D eigenvalue weighted by Crippen LogP contribution is -2.17. The van der Waals surface area contributed by atoms with Gasteiger partial charge in [-0.2, -0.15) is 0 Å². The van der Waals surface area contributed by atoms with Crippen molar-refractivity contribution in [2.45, 2.75) is 19.6 Å². The Morgan fingerprint density at radius 3 is 2.66 bits per heavy atom. The van der Waals surface area contributed by atoms with E-state index in [0.29, 0.717) is 22.4 Å². The number of benzene rings is 2. The normalized spacial score (nSPS) is 11.9. The number of esters is 1. The number of ether oxygens (including phenoxy) is 2. The summed E-state index contributed by atoms with van der Waals surface area (Å²) in [7, 11) is 0. The molecule has 0 spiro atoms. The highest BCUT2D eigenvalue weighted by Crippen LogP contribution is 2.19. The number of hydrogen-bond donors (Lipinski definition) is 1. The van der Waals surface area contributed by atoms with Gasteiger partial charge in [0.05, 0.1) is 10.9 Å². The van der Waals surface area contributed by atoms with E-state index in [1.165, 1.54) is 6.07 Å². The second kappa shape index (κ2) is 8.02. The second-order valence-corrected chi connectivity index (χ2v) is 6.38. The SMILES string of the molecule is CC(OC(=O)c1ccc(COc2ccccc2)o1)c1nc2ccccc2c(=O)[nH]1. The summed E-state index contributed by atoms with van der Waals surface area (Å²) in [4.78, 5) is 31.6. The highest BCUT2D eigenvalue weighted by Gasteiger charge is 2.19. The zero-order valence-electron chi connectivity index (χ0n) is 15.6. The molecule has 7 nitrogen and oxygen atoms in total. The molecule has 2 aromatic heterocycles. The van der Waals surface area contributed by atoms with Crippen LogP contribution in [0.15, 0.2) is 75.9 Å². The minimum Gasteiger partial charge on any atom is -0.486 e. The van der Waals surface area contributed by atoms with Gasteiger partial charge in [-0.3, -0.25) is 4.79 Å². The first-order valence-corrected chi connectivity index (χ1v) is 9.06. The average Bonchev–Trinajstić information content (AvgIpc) is 3.22. The smallest absolute Gasteiger partial charge is 0.374 e. The zero-order valence-corrected chi connectivity index (χ0v) is 15.6. The topological polar surface area (TPSA) is 94.4 Å². The molecule has 0 saturated carbocycles. The standard InChI is InChI=1S/C22H18N2O5/c1-14(20-23-18-10-6-5-9-17(18)21(25)24-20)28-22(26)19-12-11-16(29-19)13-27-15-7-3-2-4-8-15/h2-12,14H,13H2,1H3,(H,23,24,25). The molecule has 0 aliphatic heterocycles. The van der Waals surface area contributed by atoms with Gasteiger partial charge >= 0.3 is 5.97 Å². The van der Waals surface area contributed by atoms with E-state index in [2.05, 4.69) is 9.97 Å². The molecule has 1 atom stereocenters. The van der Waals surface area contributed by atoms with Gasteiger partial charge in [-0.05, 0) is 43.3 Å². The maximum Gasteiger partial charge on any atom is 0.374 e. The van der Waals surface area contributed by atoms with Gasteiger partial charge in [0, 0.05) is 0 Å². The van der Waals surface area contributed by atoms with E-state index >= 15 is 0 Å². The molecule has 2 heterocycles. The van der Waals surface area contributed by atoms with Crippen LogP contribution in [0, 0.1) is 0 Å². The van der Waals surface area contributed by atoms with E-state index in [9.17, 15) is 9.59 Å². The first kappa shape index (κ1) is 18.5. The Morgan fingerprint density at radius 1 is 1.07 bits per heavy atom. The number of rotatable bonds is 6. The molecule has 0 aliphatic carbocycles. The lowest BCUT2D eigenvalue weighted by Gasteiger charge is -2.12. The molecule has 146 valence electrons. The summed E-state index contributed by atoms with van der Waals surface area (Å²) in [6.45, 7) is 1.82. The van der Waals surface area contributed by atoms with Gasteiger partial charge < -0.3 is 18.9 Å². The van der Waals surface area contributed by atoms with Crippen molar-refractivity contribution < 1.29 is 18.7 Å². The molecule has 1 N–H and O–H groups in total. The molecule has 0 saturated heterocycles. The van der Waals surface area contributed by atoms with Gasteiger partial charge in [0.15, 0.2) is 11.9 Å². The third-order valence-electron chi connectivity index (χ3n) is 4.29. The number of hydrogen-bond acceptors (Lipinski definition) is 6. The molecule has 0 amide bonds. The number of aromatic nitrogens is 2. The van der Waals surface area contributed by atoms with Crippen LogP contribution in [0.1, 0.15) is 35.2 Å². The Hall–Kier alpha value is -3.87. The van der Waals surface area contributed by atoms with Crippen molar-refractivity contribution in [1.82, 2.24) is 9.97 Å². The Balaban J connectivity index is 1.43. The average molecular weight is 390 g/mol.